The molecule has 124 valence electrons. The molecular weight excluding hydrogens is 312 g/mol. The van der Waals surface area contributed by atoms with E-state index >= 15 is 0 Å². The molecule has 0 amide bonds. The Morgan fingerprint density at radius 1 is 0.920 bits per heavy atom. The van der Waals surface area contributed by atoms with Gasteiger partial charge >= 0.3 is 0 Å². The molecule has 0 saturated heterocycles. The Kier molecular flexibility index (Phi) is 3.69. The highest BCUT2D eigenvalue weighted by Gasteiger charge is 2.13. The number of fused-ring (bicyclic) bond motifs is 1. The molecule has 0 saturated carbocycles. The van der Waals surface area contributed by atoms with Crippen LogP contribution in [0.15, 0.2) is 55.0 Å². The van der Waals surface area contributed by atoms with Gasteiger partial charge in [0.25, 0.3) is 0 Å². The van der Waals surface area contributed by atoms with E-state index in [1.807, 2.05) is 30.3 Å². The van der Waals surface area contributed by atoms with Crippen molar-refractivity contribution in [2.75, 3.05) is 0 Å². The second-order valence-corrected chi connectivity index (χ2v) is 6.16. The Hall–Kier alpha value is -3.21. The highest BCUT2D eigenvalue weighted by atomic mass is 16.5. The van der Waals surface area contributed by atoms with Gasteiger partial charge in [-0.05, 0) is 61.7 Å². The topological polar surface area (TPSA) is 52.8 Å². The van der Waals surface area contributed by atoms with Crippen molar-refractivity contribution in [2.24, 2.45) is 0 Å². The Morgan fingerprint density at radius 2 is 1.80 bits per heavy atom. The van der Waals surface area contributed by atoms with Crippen LogP contribution in [0.1, 0.15) is 16.7 Å². The monoisotopic (exact) mass is 330 g/mol. The van der Waals surface area contributed by atoms with Gasteiger partial charge in [0, 0.05) is 0 Å². The molecule has 4 rings (SSSR count). The third-order valence-corrected chi connectivity index (χ3v) is 4.27. The van der Waals surface area contributed by atoms with Gasteiger partial charge in [0.05, 0.1) is 11.9 Å². The van der Waals surface area contributed by atoms with Crippen molar-refractivity contribution in [1.29, 1.82) is 0 Å². The smallest absolute Gasteiger partial charge is 0.233 e. The zero-order valence-electron chi connectivity index (χ0n) is 14.4. The zero-order chi connectivity index (χ0) is 17.4. The van der Waals surface area contributed by atoms with E-state index in [1.54, 1.807) is 10.9 Å². The molecule has 0 aliphatic heterocycles. The Balaban J connectivity index is 1.77. The molecule has 5 heteroatoms. The van der Waals surface area contributed by atoms with Gasteiger partial charge in [0.15, 0.2) is 5.65 Å². The van der Waals surface area contributed by atoms with Gasteiger partial charge in [-0.2, -0.15) is 5.10 Å². The van der Waals surface area contributed by atoms with Crippen LogP contribution in [0.25, 0.3) is 16.7 Å². The first-order valence-electron chi connectivity index (χ1n) is 8.13. The fourth-order valence-electron chi connectivity index (χ4n) is 2.74. The predicted molar refractivity (Wildman–Crippen MR) is 97.4 cm³/mol. The summed E-state index contributed by atoms with van der Waals surface area (Å²) in [6.07, 6.45) is 3.25. The number of rotatable bonds is 3. The molecule has 0 bridgehead atoms. The van der Waals surface area contributed by atoms with Gasteiger partial charge in [0.2, 0.25) is 5.88 Å². The lowest BCUT2D eigenvalue weighted by Crippen LogP contribution is -1.98. The minimum Gasteiger partial charge on any atom is -0.438 e. The van der Waals surface area contributed by atoms with E-state index in [9.17, 15) is 0 Å². The van der Waals surface area contributed by atoms with Crippen molar-refractivity contribution in [3.63, 3.8) is 0 Å². The Bertz CT molecular complexity index is 1070. The average molecular weight is 330 g/mol. The van der Waals surface area contributed by atoms with Gasteiger partial charge < -0.3 is 4.74 Å². The molecule has 0 fully saturated rings. The van der Waals surface area contributed by atoms with Crippen LogP contribution in [-0.2, 0) is 0 Å². The molecule has 0 spiro atoms. The second-order valence-electron chi connectivity index (χ2n) is 6.16. The lowest BCUT2D eigenvalue weighted by atomic mass is 10.1. The molecular formula is C20H18N4O. The molecule has 4 aromatic rings. The van der Waals surface area contributed by atoms with Gasteiger partial charge in [-0.25, -0.2) is 14.6 Å². The summed E-state index contributed by atoms with van der Waals surface area (Å²) in [5.74, 6) is 1.26. The van der Waals surface area contributed by atoms with Crippen LogP contribution in [0.4, 0.5) is 0 Å². The Morgan fingerprint density at radius 3 is 2.60 bits per heavy atom. The fraction of sp³-hybridized carbons (Fsp3) is 0.150. The van der Waals surface area contributed by atoms with Crippen LogP contribution in [0.3, 0.4) is 0 Å². The number of hydrogen-bond donors (Lipinski definition) is 0. The molecule has 0 aliphatic carbocycles. The SMILES string of the molecule is Cc1cccc(-n2ncc3c(Oc4ccc(C)c(C)c4)ncnc32)c1. The lowest BCUT2D eigenvalue weighted by Gasteiger charge is -2.08. The summed E-state index contributed by atoms with van der Waals surface area (Å²) in [6.45, 7) is 6.19. The van der Waals surface area contributed by atoms with E-state index in [4.69, 9.17) is 4.74 Å². The first-order valence-corrected chi connectivity index (χ1v) is 8.13. The summed E-state index contributed by atoms with van der Waals surface area (Å²) in [5.41, 5.74) is 5.26. The van der Waals surface area contributed by atoms with E-state index < -0.39 is 0 Å². The lowest BCUT2D eigenvalue weighted by molar-refractivity contribution is 0.467. The summed E-state index contributed by atoms with van der Waals surface area (Å²) in [7, 11) is 0. The maximum absolute atomic E-state index is 6.00. The highest BCUT2D eigenvalue weighted by molar-refractivity contribution is 5.81. The minimum absolute atomic E-state index is 0.507. The first-order chi connectivity index (χ1) is 12.1. The molecule has 0 N–H and O–H groups in total. The van der Waals surface area contributed by atoms with Crippen LogP contribution >= 0.6 is 0 Å². The van der Waals surface area contributed by atoms with Crippen molar-refractivity contribution < 1.29 is 4.74 Å². The van der Waals surface area contributed by atoms with E-state index in [0.29, 0.717) is 5.88 Å². The fourth-order valence-corrected chi connectivity index (χ4v) is 2.74. The van der Waals surface area contributed by atoms with Crippen molar-refractivity contribution in [3.8, 4) is 17.3 Å². The predicted octanol–water partition coefficient (Wildman–Crippen LogP) is 4.53. The van der Waals surface area contributed by atoms with Crippen LogP contribution in [0, 0.1) is 20.8 Å². The summed E-state index contributed by atoms with van der Waals surface area (Å²) < 4.78 is 7.80. The molecule has 2 aromatic carbocycles. The quantitative estimate of drug-likeness (QED) is 0.554. The molecule has 0 atom stereocenters. The first kappa shape index (κ1) is 15.3. The number of hydrogen-bond acceptors (Lipinski definition) is 4. The normalized spacial score (nSPS) is 11.0. The van der Waals surface area contributed by atoms with Crippen LogP contribution < -0.4 is 4.74 Å². The number of aryl methyl sites for hydroxylation is 3. The zero-order valence-corrected chi connectivity index (χ0v) is 14.4. The number of nitrogens with zero attached hydrogens (tertiary/aromatic N) is 4. The van der Waals surface area contributed by atoms with E-state index in [2.05, 4.69) is 48.0 Å². The van der Waals surface area contributed by atoms with Crippen LogP contribution in [-0.4, -0.2) is 19.7 Å². The van der Waals surface area contributed by atoms with E-state index in [0.717, 1.165) is 22.5 Å². The van der Waals surface area contributed by atoms with Crippen LogP contribution in [0.5, 0.6) is 11.6 Å². The van der Waals surface area contributed by atoms with Gasteiger partial charge in [0.1, 0.15) is 17.5 Å². The van der Waals surface area contributed by atoms with E-state index in [1.165, 1.54) is 23.0 Å². The number of benzene rings is 2. The summed E-state index contributed by atoms with van der Waals surface area (Å²) in [6, 6.07) is 14.1. The van der Waals surface area contributed by atoms with Crippen LogP contribution in [0.2, 0.25) is 0 Å². The molecule has 2 heterocycles. The number of ether oxygens (including phenoxy) is 1. The summed E-state index contributed by atoms with van der Waals surface area (Å²) in [4.78, 5) is 8.68. The van der Waals surface area contributed by atoms with Crippen molar-refractivity contribution in [3.05, 3.63) is 71.7 Å². The maximum Gasteiger partial charge on any atom is 0.233 e. The highest BCUT2D eigenvalue weighted by Crippen LogP contribution is 2.28. The molecule has 25 heavy (non-hydrogen) atoms. The molecule has 0 radical (unpaired) electrons. The number of aromatic nitrogens is 4. The summed E-state index contributed by atoms with van der Waals surface area (Å²) >= 11 is 0. The standard InChI is InChI=1S/C20H18N4O/c1-13-5-4-6-16(9-13)24-19-18(11-23-24)20(22-12-21-19)25-17-8-7-14(2)15(3)10-17/h4-12H,1-3H3. The maximum atomic E-state index is 6.00. The third kappa shape index (κ3) is 2.85. The molecule has 2 aromatic heterocycles. The largest absolute Gasteiger partial charge is 0.438 e. The molecule has 0 unspecified atom stereocenters. The van der Waals surface area contributed by atoms with E-state index in [-0.39, 0.29) is 0 Å². The molecule has 0 aliphatic rings. The average Bonchev–Trinajstić information content (AvgIpc) is 3.03. The minimum atomic E-state index is 0.507. The van der Waals surface area contributed by atoms with Crippen molar-refractivity contribution in [1.82, 2.24) is 19.7 Å². The molecule has 5 nitrogen and oxygen atoms in total. The van der Waals surface area contributed by atoms with Crippen molar-refractivity contribution in [2.45, 2.75) is 20.8 Å². The van der Waals surface area contributed by atoms with Gasteiger partial charge in [-0.1, -0.05) is 18.2 Å². The summed E-state index contributed by atoms with van der Waals surface area (Å²) in [5, 5.41) is 5.25. The Labute approximate surface area is 145 Å². The third-order valence-electron chi connectivity index (χ3n) is 4.27. The van der Waals surface area contributed by atoms with Gasteiger partial charge in [-0.3, -0.25) is 0 Å². The second kappa shape index (κ2) is 6.02. The van der Waals surface area contributed by atoms with Crippen molar-refractivity contribution >= 4 is 11.0 Å². The van der Waals surface area contributed by atoms with Gasteiger partial charge in [-0.15, -0.1) is 0 Å².